The minimum Gasteiger partial charge on any atom is -0.460 e. The van der Waals surface area contributed by atoms with Crippen LogP contribution in [0, 0.1) is 0 Å². The Morgan fingerprint density at radius 1 is 0.433 bits per heavy atom. The number of rotatable bonds is 16. The van der Waals surface area contributed by atoms with Gasteiger partial charge in [0.25, 0.3) is 0 Å². The first-order valence-corrected chi connectivity index (χ1v) is 8.73. The third-order valence-corrected chi connectivity index (χ3v) is 2.55. The van der Waals surface area contributed by atoms with E-state index in [1.807, 2.05) is 0 Å². The first-order chi connectivity index (χ1) is 14.4. The normalized spacial score (nSPS) is 9.07. The zero-order valence-corrected chi connectivity index (χ0v) is 16.9. The fraction of sp³-hybridized carbons (Fsp3) is 0.400. The number of esters is 4. The van der Waals surface area contributed by atoms with Crippen molar-refractivity contribution in [1.82, 2.24) is 0 Å². The SMILES string of the molecule is C=CC(=O)OCCOCCOC(=O)C=C.C=CC(=O)OCCOCCOC(=O)C=C. The van der Waals surface area contributed by atoms with Gasteiger partial charge in [-0.2, -0.15) is 0 Å². The minimum absolute atomic E-state index is 0.153. The Kier molecular flexibility index (Phi) is 21.3. The smallest absolute Gasteiger partial charge is 0.330 e. The Morgan fingerprint density at radius 3 is 0.800 bits per heavy atom. The Morgan fingerprint density at radius 2 is 0.633 bits per heavy atom. The van der Waals surface area contributed by atoms with E-state index in [2.05, 4.69) is 45.3 Å². The van der Waals surface area contributed by atoms with Crippen LogP contribution < -0.4 is 0 Å². The summed E-state index contributed by atoms with van der Waals surface area (Å²) in [7, 11) is 0. The highest BCUT2D eigenvalue weighted by Crippen LogP contribution is 1.85. The lowest BCUT2D eigenvalue weighted by molar-refractivity contribution is -0.142. The number of carbonyl (C=O) groups excluding carboxylic acids is 4. The number of ether oxygens (including phenoxy) is 6. The first-order valence-electron chi connectivity index (χ1n) is 8.73. The van der Waals surface area contributed by atoms with Gasteiger partial charge in [-0.15, -0.1) is 0 Å². The van der Waals surface area contributed by atoms with Gasteiger partial charge in [0.15, 0.2) is 0 Å². The molecule has 0 unspecified atom stereocenters. The lowest BCUT2D eigenvalue weighted by atomic mass is 10.6. The summed E-state index contributed by atoms with van der Waals surface area (Å²) in [6, 6.07) is 0. The molecule has 0 aliphatic carbocycles. The van der Waals surface area contributed by atoms with Crippen LogP contribution in [-0.4, -0.2) is 76.7 Å². The van der Waals surface area contributed by atoms with E-state index in [0.29, 0.717) is 0 Å². The molecule has 0 bridgehead atoms. The molecule has 0 saturated heterocycles. The average Bonchev–Trinajstić information content (AvgIpc) is 2.77. The molecule has 0 fully saturated rings. The highest BCUT2D eigenvalue weighted by Gasteiger charge is 1.98. The van der Waals surface area contributed by atoms with E-state index in [4.69, 9.17) is 9.47 Å². The Balaban J connectivity index is 0. The summed E-state index contributed by atoms with van der Waals surface area (Å²) in [5, 5.41) is 0. The van der Waals surface area contributed by atoms with Gasteiger partial charge >= 0.3 is 23.9 Å². The van der Waals surface area contributed by atoms with Crippen molar-refractivity contribution in [3.63, 3.8) is 0 Å². The summed E-state index contributed by atoms with van der Waals surface area (Å²) in [5.74, 6) is -1.96. The molecule has 0 aliphatic rings. The van der Waals surface area contributed by atoms with E-state index < -0.39 is 23.9 Å². The maximum Gasteiger partial charge on any atom is 0.330 e. The van der Waals surface area contributed by atoms with Crippen molar-refractivity contribution >= 4 is 23.9 Å². The molecular weight excluding hydrogens is 400 g/mol. The molecular formula is C20H28O10. The highest BCUT2D eigenvalue weighted by molar-refractivity contribution is 5.82. The number of carbonyl (C=O) groups is 4. The van der Waals surface area contributed by atoms with E-state index in [0.717, 1.165) is 24.3 Å². The fourth-order valence-corrected chi connectivity index (χ4v) is 1.24. The Labute approximate surface area is 175 Å². The quantitative estimate of drug-likeness (QED) is 0.152. The molecule has 0 atom stereocenters. The third kappa shape index (κ3) is 22.8. The van der Waals surface area contributed by atoms with Gasteiger partial charge in [-0.3, -0.25) is 0 Å². The van der Waals surface area contributed by atoms with Crippen molar-refractivity contribution in [2.24, 2.45) is 0 Å². The van der Waals surface area contributed by atoms with E-state index in [9.17, 15) is 19.2 Å². The molecule has 0 spiro atoms. The molecule has 10 nitrogen and oxygen atoms in total. The van der Waals surface area contributed by atoms with Gasteiger partial charge in [-0.1, -0.05) is 26.3 Å². The largest absolute Gasteiger partial charge is 0.460 e. The molecule has 30 heavy (non-hydrogen) atoms. The summed E-state index contributed by atoms with van der Waals surface area (Å²) in [6.07, 6.45) is 4.30. The van der Waals surface area contributed by atoms with Crippen molar-refractivity contribution in [3.05, 3.63) is 50.6 Å². The predicted octanol–water partition coefficient (Wildman–Crippen LogP) is 0.923. The molecule has 0 radical (unpaired) electrons. The summed E-state index contributed by atoms with van der Waals surface area (Å²) in [5.41, 5.74) is 0. The second kappa shape index (κ2) is 22.1. The predicted molar refractivity (Wildman–Crippen MR) is 106 cm³/mol. The van der Waals surface area contributed by atoms with Crippen LogP contribution in [-0.2, 0) is 47.6 Å². The first kappa shape index (κ1) is 29.0. The van der Waals surface area contributed by atoms with Crippen molar-refractivity contribution < 1.29 is 47.6 Å². The van der Waals surface area contributed by atoms with Crippen LogP contribution in [0.25, 0.3) is 0 Å². The topological polar surface area (TPSA) is 124 Å². The summed E-state index contributed by atoms with van der Waals surface area (Å²) >= 11 is 0. The molecule has 0 N–H and O–H groups in total. The van der Waals surface area contributed by atoms with E-state index in [1.54, 1.807) is 0 Å². The monoisotopic (exact) mass is 428 g/mol. The maximum atomic E-state index is 10.6. The lowest BCUT2D eigenvalue weighted by Crippen LogP contribution is -2.12. The fourth-order valence-electron chi connectivity index (χ4n) is 1.24. The Hall–Kier alpha value is -3.24. The van der Waals surface area contributed by atoms with E-state index >= 15 is 0 Å². The van der Waals surface area contributed by atoms with Crippen LogP contribution in [0.3, 0.4) is 0 Å². The van der Waals surface area contributed by atoms with Gasteiger partial charge in [-0.25, -0.2) is 19.2 Å². The Bertz CT molecular complexity index is 470. The van der Waals surface area contributed by atoms with Gasteiger partial charge in [0.05, 0.1) is 26.4 Å². The average molecular weight is 428 g/mol. The summed E-state index contributed by atoms with van der Waals surface area (Å²) in [6.45, 7) is 14.6. The van der Waals surface area contributed by atoms with Crippen LogP contribution in [0.4, 0.5) is 0 Å². The summed E-state index contributed by atoms with van der Waals surface area (Å²) < 4.78 is 28.5. The van der Waals surface area contributed by atoms with Gasteiger partial charge in [0, 0.05) is 24.3 Å². The van der Waals surface area contributed by atoms with E-state index in [-0.39, 0.29) is 52.9 Å². The van der Waals surface area contributed by atoms with Crippen molar-refractivity contribution in [3.8, 4) is 0 Å². The zero-order valence-electron chi connectivity index (χ0n) is 16.9. The molecule has 0 heterocycles. The molecule has 10 heteroatoms. The van der Waals surface area contributed by atoms with Gasteiger partial charge < -0.3 is 28.4 Å². The molecule has 0 saturated carbocycles. The summed E-state index contributed by atoms with van der Waals surface area (Å²) in [4.78, 5) is 42.2. The van der Waals surface area contributed by atoms with Crippen LogP contribution in [0.5, 0.6) is 0 Å². The second-order valence-electron chi connectivity index (χ2n) is 4.71. The van der Waals surface area contributed by atoms with Gasteiger partial charge in [-0.05, 0) is 0 Å². The van der Waals surface area contributed by atoms with Gasteiger partial charge in [0.2, 0.25) is 0 Å². The van der Waals surface area contributed by atoms with Crippen molar-refractivity contribution in [2.45, 2.75) is 0 Å². The highest BCUT2D eigenvalue weighted by atomic mass is 16.6. The minimum atomic E-state index is -0.489. The standard InChI is InChI=1S/2C10H14O5/c2*1-3-9(11)14-7-5-13-6-8-15-10(12)4-2/h2*3-4H,1-2,5-8H2. The van der Waals surface area contributed by atoms with Crippen LogP contribution in [0.1, 0.15) is 0 Å². The third-order valence-electron chi connectivity index (χ3n) is 2.55. The van der Waals surface area contributed by atoms with Crippen LogP contribution in [0.15, 0.2) is 50.6 Å². The molecule has 0 rings (SSSR count). The molecule has 0 aromatic heterocycles. The van der Waals surface area contributed by atoms with E-state index in [1.165, 1.54) is 0 Å². The van der Waals surface area contributed by atoms with Crippen molar-refractivity contribution in [1.29, 1.82) is 0 Å². The molecule has 0 aromatic carbocycles. The molecule has 0 aromatic rings. The van der Waals surface area contributed by atoms with Gasteiger partial charge in [0.1, 0.15) is 26.4 Å². The van der Waals surface area contributed by atoms with Crippen LogP contribution >= 0.6 is 0 Å². The molecule has 0 aliphatic heterocycles. The second-order valence-corrected chi connectivity index (χ2v) is 4.71. The van der Waals surface area contributed by atoms with Crippen molar-refractivity contribution in [2.75, 3.05) is 52.9 Å². The number of hydrogen-bond acceptors (Lipinski definition) is 10. The maximum absolute atomic E-state index is 10.6. The number of hydrogen-bond donors (Lipinski definition) is 0. The zero-order chi connectivity index (χ0) is 23.0. The van der Waals surface area contributed by atoms with Crippen LogP contribution in [0.2, 0.25) is 0 Å². The molecule has 0 amide bonds. The molecule has 168 valence electrons. The lowest BCUT2D eigenvalue weighted by Gasteiger charge is -2.04.